The molecule has 2 unspecified atom stereocenters. The van der Waals surface area contributed by atoms with Crippen molar-refractivity contribution in [3.8, 4) is 0 Å². The summed E-state index contributed by atoms with van der Waals surface area (Å²) in [7, 11) is 0. The molecule has 48 heavy (non-hydrogen) atoms. The Morgan fingerprint density at radius 1 is 0.667 bits per heavy atom. The van der Waals surface area contributed by atoms with Crippen molar-refractivity contribution in [1.29, 1.82) is 0 Å². The topological polar surface area (TPSA) is 122 Å². The number of aliphatic hydroxyl groups excluding tert-OH is 1. The normalized spacial score (nSPS) is 12.6. The zero-order valence-corrected chi connectivity index (χ0v) is 27.1. The van der Waals surface area contributed by atoms with Crippen molar-refractivity contribution >= 4 is 17.5 Å². The molecule has 0 aliphatic rings. The number of amides is 2. The maximum Gasteiger partial charge on any atom is 0.244 e. The first-order valence-electron chi connectivity index (χ1n) is 16.5. The lowest BCUT2D eigenvalue weighted by Crippen LogP contribution is -2.54. The molecule has 0 aliphatic carbocycles. The molecular weight excluding hydrogens is 596 g/mol. The van der Waals surface area contributed by atoms with Crippen LogP contribution in [0.1, 0.15) is 47.1 Å². The number of nitrogens with one attached hydrogen (secondary N) is 1. The van der Waals surface area contributed by atoms with Gasteiger partial charge in [-0.15, -0.1) is 0 Å². The summed E-state index contributed by atoms with van der Waals surface area (Å²) in [6, 6.07) is 45.9. The zero-order valence-electron chi connectivity index (χ0n) is 27.1. The van der Waals surface area contributed by atoms with Gasteiger partial charge in [-0.1, -0.05) is 133 Å². The van der Waals surface area contributed by atoms with E-state index in [1.54, 1.807) is 24.3 Å². The largest absolute Gasteiger partial charge is 0.392 e. The van der Waals surface area contributed by atoms with Gasteiger partial charge in [-0.05, 0) is 72.2 Å². The predicted octanol–water partition coefficient (Wildman–Crippen LogP) is 5.69. The van der Waals surface area contributed by atoms with E-state index in [-0.39, 0.29) is 12.5 Å². The fourth-order valence-electron chi connectivity index (χ4n) is 6.36. The van der Waals surface area contributed by atoms with Crippen LogP contribution in [0, 0.1) is 0 Å². The molecule has 2 atom stereocenters. The molecule has 5 aromatic carbocycles. The van der Waals surface area contributed by atoms with Crippen molar-refractivity contribution in [2.75, 3.05) is 11.4 Å². The average Bonchev–Trinajstić information content (AvgIpc) is 3.14. The van der Waals surface area contributed by atoms with Crippen LogP contribution in [-0.4, -0.2) is 35.5 Å². The van der Waals surface area contributed by atoms with Crippen LogP contribution in [0.15, 0.2) is 146 Å². The standard InChI is InChI=1S/C41H44N4O3/c42-37(29-31-15-5-1-6-16-31)40(48)45(36-26-24-32(30-46)25-27-36)38(39(43)47)23-13-14-28-44-41(33-17-7-2-8-18-33,34-19-9-3-10-20-34)35-21-11-4-12-22-35/h1-12,15-22,24-27,37-38,44,46H,13-14,23,28-30,42H2,(H2,43,47). The van der Waals surface area contributed by atoms with E-state index in [0.29, 0.717) is 37.1 Å². The molecule has 0 fully saturated rings. The quantitative estimate of drug-likeness (QED) is 0.0816. The van der Waals surface area contributed by atoms with Crippen molar-refractivity contribution in [2.24, 2.45) is 11.5 Å². The Morgan fingerprint density at radius 3 is 1.60 bits per heavy atom. The molecule has 246 valence electrons. The third-order valence-corrected chi connectivity index (χ3v) is 8.81. The lowest BCUT2D eigenvalue weighted by atomic mass is 9.77. The number of unbranched alkanes of at least 4 members (excludes halogenated alkanes) is 1. The molecule has 0 aromatic heterocycles. The van der Waals surface area contributed by atoms with Gasteiger partial charge < -0.3 is 16.6 Å². The number of anilines is 1. The van der Waals surface area contributed by atoms with Crippen LogP contribution in [-0.2, 0) is 28.2 Å². The van der Waals surface area contributed by atoms with E-state index >= 15 is 0 Å². The number of carbonyl (C=O) groups is 2. The molecule has 0 aliphatic heterocycles. The highest BCUT2D eigenvalue weighted by Crippen LogP contribution is 2.36. The summed E-state index contributed by atoms with van der Waals surface area (Å²) in [4.78, 5) is 28.5. The van der Waals surface area contributed by atoms with Crippen molar-refractivity contribution in [3.05, 3.63) is 173 Å². The molecule has 0 bridgehead atoms. The molecule has 2 amide bonds. The van der Waals surface area contributed by atoms with Gasteiger partial charge in [0.1, 0.15) is 6.04 Å². The predicted molar refractivity (Wildman–Crippen MR) is 192 cm³/mol. The number of nitrogens with two attached hydrogens (primary N) is 2. The average molecular weight is 641 g/mol. The molecule has 7 heteroatoms. The fourth-order valence-corrected chi connectivity index (χ4v) is 6.36. The summed E-state index contributed by atoms with van der Waals surface area (Å²) in [5.41, 5.74) is 17.4. The number of hydrogen-bond donors (Lipinski definition) is 4. The van der Waals surface area contributed by atoms with Crippen LogP contribution in [0.2, 0.25) is 0 Å². The van der Waals surface area contributed by atoms with Crippen LogP contribution >= 0.6 is 0 Å². The highest BCUT2D eigenvalue weighted by molar-refractivity contribution is 6.03. The molecule has 5 aromatic rings. The zero-order chi connectivity index (χ0) is 33.8. The molecule has 0 radical (unpaired) electrons. The monoisotopic (exact) mass is 640 g/mol. The maximum absolute atomic E-state index is 14.0. The number of rotatable bonds is 16. The minimum absolute atomic E-state index is 0.134. The number of nitrogens with zero attached hydrogens (tertiary/aromatic N) is 1. The first-order valence-corrected chi connectivity index (χ1v) is 16.5. The molecule has 0 heterocycles. The minimum Gasteiger partial charge on any atom is -0.392 e. The summed E-state index contributed by atoms with van der Waals surface area (Å²) in [5.74, 6) is -0.976. The fraction of sp³-hybridized carbons (Fsp3) is 0.220. The van der Waals surface area contributed by atoms with E-state index in [1.807, 2.05) is 48.5 Å². The second kappa shape index (κ2) is 16.7. The molecule has 7 nitrogen and oxygen atoms in total. The Bertz CT molecular complexity index is 1620. The van der Waals surface area contributed by atoms with Gasteiger partial charge in [-0.3, -0.25) is 19.8 Å². The lowest BCUT2D eigenvalue weighted by molar-refractivity contribution is -0.125. The van der Waals surface area contributed by atoms with Gasteiger partial charge in [0.05, 0.1) is 18.2 Å². The summed E-state index contributed by atoms with van der Waals surface area (Å²) in [6.45, 7) is 0.501. The summed E-state index contributed by atoms with van der Waals surface area (Å²) >= 11 is 0. The number of carbonyl (C=O) groups excluding carboxylic acids is 2. The third kappa shape index (κ3) is 8.06. The van der Waals surface area contributed by atoms with Crippen LogP contribution in [0.4, 0.5) is 5.69 Å². The van der Waals surface area contributed by atoms with E-state index in [2.05, 4.69) is 78.1 Å². The minimum atomic E-state index is -0.901. The van der Waals surface area contributed by atoms with Gasteiger partial charge >= 0.3 is 0 Å². The highest BCUT2D eigenvalue weighted by Gasteiger charge is 2.36. The molecule has 0 spiro atoms. The van der Waals surface area contributed by atoms with Crippen LogP contribution < -0.4 is 21.7 Å². The second-order valence-electron chi connectivity index (χ2n) is 12.0. The smallest absolute Gasteiger partial charge is 0.244 e. The highest BCUT2D eigenvalue weighted by atomic mass is 16.3. The van der Waals surface area contributed by atoms with Gasteiger partial charge in [0.15, 0.2) is 0 Å². The summed E-state index contributed by atoms with van der Waals surface area (Å²) < 4.78 is 0. The Kier molecular flexibility index (Phi) is 11.9. The molecule has 6 N–H and O–H groups in total. The van der Waals surface area contributed by atoms with Gasteiger partial charge in [0.25, 0.3) is 0 Å². The first kappa shape index (κ1) is 34.3. The maximum atomic E-state index is 14.0. The van der Waals surface area contributed by atoms with Crippen LogP contribution in [0.25, 0.3) is 0 Å². The first-order chi connectivity index (χ1) is 23.4. The van der Waals surface area contributed by atoms with Gasteiger partial charge in [-0.2, -0.15) is 0 Å². The van der Waals surface area contributed by atoms with Crippen molar-refractivity contribution < 1.29 is 14.7 Å². The SMILES string of the molecule is NC(=O)C(CCCCNC(c1ccccc1)(c1ccccc1)c1ccccc1)N(C(=O)C(N)Cc1ccccc1)c1ccc(CO)cc1. The second-order valence-corrected chi connectivity index (χ2v) is 12.0. The van der Waals surface area contributed by atoms with Gasteiger partial charge in [0.2, 0.25) is 11.8 Å². The lowest BCUT2D eigenvalue weighted by Gasteiger charge is -2.37. The molecule has 0 saturated carbocycles. The van der Waals surface area contributed by atoms with Crippen molar-refractivity contribution in [1.82, 2.24) is 5.32 Å². The Labute approximate surface area is 283 Å². The van der Waals surface area contributed by atoms with Gasteiger partial charge in [0, 0.05) is 5.69 Å². The molecule has 5 rings (SSSR count). The third-order valence-electron chi connectivity index (χ3n) is 8.81. The van der Waals surface area contributed by atoms with Crippen molar-refractivity contribution in [3.63, 3.8) is 0 Å². The Balaban J connectivity index is 1.37. The van der Waals surface area contributed by atoms with Gasteiger partial charge in [-0.25, -0.2) is 0 Å². The Morgan fingerprint density at radius 2 is 1.15 bits per heavy atom. The number of benzene rings is 5. The summed E-state index contributed by atoms with van der Waals surface area (Å²) in [6.07, 6.45) is 2.03. The van der Waals surface area contributed by atoms with E-state index < -0.39 is 23.5 Å². The van der Waals surface area contributed by atoms with Crippen LogP contribution in [0.5, 0.6) is 0 Å². The molecular formula is C41H44N4O3. The van der Waals surface area contributed by atoms with E-state index in [4.69, 9.17) is 11.5 Å². The van der Waals surface area contributed by atoms with E-state index in [1.165, 1.54) is 4.90 Å². The van der Waals surface area contributed by atoms with E-state index in [0.717, 1.165) is 28.7 Å². The number of primary amides is 1. The molecule has 0 saturated heterocycles. The number of hydrogen-bond acceptors (Lipinski definition) is 5. The Hall–Kier alpha value is -5.08. The summed E-state index contributed by atoms with van der Waals surface area (Å²) in [5, 5.41) is 13.5. The number of aliphatic hydroxyl groups is 1. The van der Waals surface area contributed by atoms with Crippen LogP contribution in [0.3, 0.4) is 0 Å². The van der Waals surface area contributed by atoms with Crippen molar-refractivity contribution in [2.45, 2.75) is 49.9 Å². The van der Waals surface area contributed by atoms with E-state index in [9.17, 15) is 14.7 Å².